The number of anilines is 3. The van der Waals surface area contributed by atoms with Gasteiger partial charge in [-0.2, -0.15) is 0 Å². The Morgan fingerprint density at radius 1 is 0.595 bits per heavy atom. The predicted molar refractivity (Wildman–Crippen MR) is 173 cm³/mol. The molecular formula is C39H29FN2. The molecule has 0 atom stereocenters. The lowest BCUT2D eigenvalue weighted by molar-refractivity contribution is 0.628. The Morgan fingerprint density at radius 3 is 2.12 bits per heavy atom. The first-order valence-corrected chi connectivity index (χ1v) is 14.4. The first kappa shape index (κ1) is 24.6. The molecule has 2 heterocycles. The molecule has 202 valence electrons. The second-order valence-corrected chi connectivity index (χ2v) is 11.6. The quantitative estimate of drug-likeness (QED) is 0.214. The number of rotatable bonds is 4. The maximum absolute atomic E-state index is 14.1. The molecule has 0 unspecified atom stereocenters. The van der Waals surface area contributed by atoms with Crippen molar-refractivity contribution < 1.29 is 4.39 Å². The third-order valence-corrected chi connectivity index (χ3v) is 8.84. The van der Waals surface area contributed by atoms with Gasteiger partial charge in [-0.25, -0.2) is 4.39 Å². The van der Waals surface area contributed by atoms with Crippen LogP contribution in [0.25, 0.3) is 38.6 Å². The summed E-state index contributed by atoms with van der Waals surface area (Å²) in [6.07, 6.45) is 0. The van der Waals surface area contributed by atoms with E-state index in [0.29, 0.717) is 0 Å². The summed E-state index contributed by atoms with van der Waals surface area (Å²) in [4.78, 5) is 2.24. The van der Waals surface area contributed by atoms with Gasteiger partial charge in [0, 0.05) is 33.1 Å². The highest BCUT2D eigenvalue weighted by Crippen LogP contribution is 2.49. The second-order valence-electron chi connectivity index (χ2n) is 11.6. The molecule has 0 fully saturated rings. The number of fused-ring (bicyclic) bond motifs is 5. The lowest BCUT2D eigenvalue weighted by Crippen LogP contribution is -2.26. The smallest absolute Gasteiger partial charge is 0.123 e. The van der Waals surface area contributed by atoms with Crippen LogP contribution in [-0.4, -0.2) is 4.57 Å². The summed E-state index contributed by atoms with van der Waals surface area (Å²) in [5, 5.41) is 2.43. The van der Waals surface area contributed by atoms with Crippen LogP contribution < -0.4 is 4.90 Å². The van der Waals surface area contributed by atoms with Crippen LogP contribution in [0.5, 0.6) is 0 Å². The van der Waals surface area contributed by atoms with Crippen molar-refractivity contribution in [1.29, 1.82) is 0 Å². The molecule has 0 spiro atoms. The zero-order chi connectivity index (χ0) is 28.4. The number of hydrogen-bond acceptors (Lipinski definition) is 1. The van der Waals surface area contributed by atoms with E-state index in [1.165, 1.54) is 50.8 Å². The van der Waals surface area contributed by atoms with Gasteiger partial charge >= 0.3 is 0 Å². The molecule has 0 radical (unpaired) electrons. The standard InChI is InChI=1S/C39H29FN2/c1-39(2)33-15-7-9-18-37(33)42-36-24-23-29(25-32(36)31-14-10-16-34(39)38(31)42)41(28-21-19-27(40)20-22-28)35-17-8-6-13-30(35)26-11-4-3-5-12-26/h3-25H,1-2H3. The van der Waals surface area contributed by atoms with Gasteiger partial charge in [-0.05, 0) is 71.3 Å². The Morgan fingerprint density at radius 2 is 1.29 bits per heavy atom. The minimum Gasteiger partial charge on any atom is -0.310 e. The van der Waals surface area contributed by atoms with Gasteiger partial charge in [0.15, 0.2) is 0 Å². The van der Waals surface area contributed by atoms with Gasteiger partial charge in [0.25, 0.3) is 0 Å². The number of hydrogen-bond donors (Lipinski definition) is 0. The van der Waals surface area contributed by atoms with Crippen LogP contribution in [0.1, 0.15) is 25.0 Å². The molecule has 3 heteroatoms. The van der Waals surface area contributed by atoms with Gasteiger partial charge in [0.2, 0.25) is 0 Å². The van der Waals surface area contributed by atoms with Crippen LogP contribution in [0, 0.1) is 5.82 Å². The summed E-state index contributed by atoms with van der Waals surface area (Å²) in [6.45, 7) is 4.65. The summed E-state index contributed by atoms with van der Waals surface area (Å²) in [5.41, 5.74) is 11.4. The molecule has 42 heavy (non-hydrogen) atoms. The van der Waals surface area contributed by atoms with Crippen molar-refractivity contribution in [3.63, 3.8) is 0 Å². The van der Waals surface area contributed by atoms with Crippen molar-refractivity contribution in [3.05, 3.63) is 156 Å². The topological polar surface area (TPSA) is 8.17 Å². The van der Waals surface area contributed by atoms with E-state index >= 15 is 0 Å². The highest BCUT2D eigenvalue weighted by Gasteiger charge is 2.34. The first-order chi connectivity index (χ1) is 20.5. The lowest BCUT2D eigenvalue weighted by atomic mass is 9.75. The summed E-state index contributed by atoms with van der Waals surface area (Å²) >= 11 is 0. The van der Waals surface area contributed by atoms with Crippen molar-refractivity contribution >= 4 is 38.9 Å². The Hall–Kier alpha value is -5.15. The molecule has 8 rings (SSSR count). The van der Waals surface area contributed by atoms with Gasteiger partial charge in [0.05, 0.1) is 22.4 Å². The van der Waals surface area contributed by atoms with Crippen molar-refractivity contribution in [3.8, 4) is 16.8 Å². The third kappa shape index (κ3) is 3.56. The number of halogens is 1. The van der Waals surface area contributed by atoms with E-state index in [2.05, 4.69) is 133 Å². The van der Waals surface area contributed by atoms with Gasteiger partial charge in [-0.3, -0.25) is 0 Å². The molecule has 1 aromatic heterocycles. The minimum absolute atomic E-state index is 0.113. The van der Waals surface area contributed by atoms with E-state index in [0.717, 1.165) is 28.2 Å². The largest absolute Gasteiger partial charge is 0.310 e. The monoisotopic (exact) mass is 544 g/mol. The molecule has 0 bridgehead atoms. The second kappa shape index (κ2) is 9.19. The average molecular weight is 545 g/mol. The summed E-state index contributed by atoms with van der Waals surface area (Å²) in [6, 6.07) is 47.8. The molecule has 0 aliphatic carbocycles. The fourth-order valence-corrected chi connectivity index (χ4v) is 6.84. The number of nitrogens with zero attached hydrogens (tertiary/aromatic N) is 2. The van der Waals surface area contributed by atoms with E-state index in [1.54, 1.807) is 0 Å². The number of para-hydroxylation sites is 3. The van der Waals surface area contributed by atoms with E-state index in [4.69, 9.17) is 0 Å². The fraction of sp³-hybridized carbons (Fsp3) is 0.0769. The molecule has 0 saturated heterocycles. The van der Waals surface area contributed by atoms with Crippen LogP contribution in [0.3, 0.4) is 0 Å². The van der Waals surface area contributed by atoms with Gasteiger partial charge in [0.1, 0.15) is 5.82 Å². The Labute approximate surface area is 244 Å². The molecule has 0 N–H and O–H groups in total. The van der Waals surface area contributed by atoms with Gasteiger partial charge in [-0.15, -0.1) is 0 Å². The molecule has 1 aliphatic heterocycles. The fourth-order valence-electron chi connectivity index (χ4n) is 6.84. The zero-order valence-corrected chi connectivity index (χ0v) is 23.6. The van der Waals surface area contributed by atoms with Crippen LogP contribution in [0.15, 0.2) is 140 Å². The summed E-state index contributed by atoms with van der Waals surface area (Å²) in [7, 11) is 0. The normalized spacial score (nSPS) is 13.3. The first-order valence-electron chi connectivity index (χ1n) is 14.4. The molecule has 1 aliphatic rings. The molecule has 6 aromatic carbocycles. The Bertz CT molecular complexity index is 2120. The molecule has 7 aromatic rings. The summed E-state index contributed by atoms with van der Waals surface area (Å²) < 4.78 is 16.6. The van der Waals surface area contributed by atoms with Crippen LogP contribution in [0.4, 0.5) is 21.5 Å². The lowest BCUT2D eigenvalue weighted by Gasteiger charge is -2.34. The van der Waals surface area contributed by atoms with Crippen molar-refractivity contribution in [1.82, 2.24) is 4.57 Å². The third-order valence-electron chi connectivity index (χ3n) is 8.84. The molecule has 2 nitrogen and oxygen atoms in total. The van der Waals surface area contributed by atoms with E-state index in [1.807, 2.05) is 18.2 Å². The zero-order valence-electron chi connectivity index (χ0n) is 23.6. The predicted octanol–water partition coefficient (Wildman–Crippen LogP) is 10.7. The van der Waals surface area contributed by atoms with Crippen LogP contribution >= 0.6 is 0 Å². The Kier molecular flexibility index (Phi) is 5.39. The average Bonchev–Trinajstić information content (AvgIpc) is 3.36. The highest BCUT2D eigenvalue weighted by atomic mass is 19.1. The highest BCUT2D eigenvalue weighted by molar-refractivity contribution is 6.13. The molecule has 0 saturated carbocycles. The van der Waals surface area contributed by atoms with E-state index in [9.17, 15) is 4.39 Å². The van der Waals surface area contributed by atoms with Crippen molar-refractivity contribution in [2.45, 2.75) is 19.3 Å². The number of aromatic nitrogens is 1. The summed E-state index contributed by atoms with van der Waals surface area (Å²) in [5.74, 6) is -0.249. The minimum atomic E-state index is -0.249. The maximum Gasteiger partial charge on any atom is 0.123 e. The van der Waals surface area contributed by atoms with Crippen molar-refractivity contribution in [2.24, 2.45) is 0 Å². The maximum atomic E-state index is 14.1. The molecular weight excluding hydrogens is 515 g/mol. The Balaban J connectivity index is 1.42. The SMILES string of the molecule is CC1(C)c2ccccc2-n2c3ccc(N(c4ccc(F)cc4)c4ccccc4-c4ccccc4)cc3c3cccc1c32. The van der Waals surface area contributed by atoms with Gasteiger partial charge in [-0.1, -0.05) is 98.8 Å². The van der Waals surface area contributed by atoms with Crippen LogP contribution in [0.2, 0.25) is 0 Å². The van der Waals surface area contributed by atoms with Crippen molar-refractivity contribution in [2.75, 3.05) is 4.90 Å². The number of benzene rings is 6. The molecule has 0 amide bonds. The van der Waals surface area contributed by atoms with E-state index < -0.39 is 0 Å². The van der Waals surface area contributed by atoms with E-state index in [-0.39, 0.29) is 11.2 Å². The van der Waals surface area contributed by atoms with Gasteiger partial charge < -0.3 is 9.47 Å². The van der Waals surface area contributed by atoms with Crippen LogP contribution in [-0.2, 0) is 5.41 Å².